The lowest BCUT2D eigenvalue weighted by molar-refractivity contribution is 0.195. The Morgan fingerprint density at radius 3 is 2.57 bits per heavy atom. The molecule has 0 atom stereocenters. The lowest BCUT2D eigenvalue weighted by Gasteiger charge is -2.11. The summed E-state index contributed by atoms with van der Waals surface area (Å²) in [7, 11) is 3.51. The number of methoxy groups -OCH3 is 1. The Morgan fingerprint density at radius 1 is 1.29 bits per heavy atom. The molecule has 0 spiro atoms. The Morgan fingerprint density at radius 2 is 2.00 bits per heavy atom. The summed E-state index contributed by atoms with van der Waals surface area (Å²) in [5, 5.41) is 9.93. The predicted molar refractivity (Wildman–Crippen MR) is 101 cm³/mol. The number of nitrogens with one attached hydrogen (secondary N) is 2. The second-order valence-electron chi connectivity index (χ2n) is 4.61. The van der Waals surface area contributed by atoms with E-state index < -0.39 is 0 Å². The highest BCUT2D eigenvalue weighted by Crippen LogP contribution is 2.11. The van der Waals surface area contributed by atoms with E-state index in [1.54, 1.807) is 25.5 Å². The number of hydrogen-bond donors (Lipinski definition) is 2. The summed E-state index contributed by atoms with van der Waals surface area (Å²) >= 11 is 1.75. The summed E-state index contributed by atoms with van der Waals surface area (Å²) < 4.78 is 5.01. The maximum absolute atomic E-state index is 5.01. The fourth-order valence-electron chi connectivity index (χ4n) is 1.77. The Balaban J connectivity index is 0.00000400. The van der Waals surface area contributed by atoms with E-state index in [4.69, 9.17) is 4.74 Å². The highest BCUT2D eigenvalue weighted by Gasteiger charge is 1.99. The Bertz CT molecular complexity index is 398. The molecule has 0 saturated carbocycles. The number of hydrogen-bond acceptors (Lipinski definition) is 4. The summed E-state index contributed by atoms with van der Waals surface area (Å²) in [6.45, 7) is 4.64. The smallest absolute Gasteiger partial charge is 0.190 e. The van der Waals surface area contributed by atoms with Gasteiger partial charge in [-0.2, -0.15) is 0 Å². The molecule has 1 rings (SSSR count). The van der Waals surface area contributed by atoms with Crippen molar-refractivity contribution in [3.63, 3.8) is 0 Å². The van der Waals surface area contributed by atoms with Crippen molar-refractivity contribution in [1.82, 2.24) is 15.6 Å². The molecule has 1 aromatic rings. The summed E-state index contributed by atoms with van der Waals surface area (Å²) in [5.74, 6) is 0.867. The first-order valence-corrected chi connectivity index (χ1v) is 7.98. The number of aryl methyl sites for hydroxylation is 2. The number of aliphatic imine (C=N–C) groups is 1. The van der Waals surface area contributed by atoms with Gasteiger partial charge in [-0.05, 0) is 32.6 Å². The van der Waals surface area contributed by atoms with Gasteiger partial charge in [0.15, 0.2) is 5.96 Å². The molecule has 0 radical (unpaired) electrons. The van der Waals surface area contributed by atoms with E-state index in [1.165, 1.54) is 5.01 Å². The molecule has 0 amide bonds. The largest absolute Gasteiger partial charge is 0.385 e. The zero-order valence-electron chi connectivity index (χ0n) is 13.1. The summed E-state index contributed by atoms with van der Waals surface area (Å²) in [4.78, 5) is 8.66. The van der Waals surface area contributed by atoms with Crippen molar-refractivity contribution in [3.8, 4) is 0 Å². The highest BCUT2D eigenvalue weighted by molar-refractivity contribution is 14.0. The topological polar surface area (TPSA) is 58.5 Å². The van der Waals surface area contributed by atoms with Gasteiger partial charge in [0.2, 0.25) is 0 Å². The molecule has 1 heterocycles. The van der Waals surface area contributed by atoms with Crippen molar-refractivity contribution < 1.29 is 4.74 Å². The number of halogens is 1. The number of rotatable bonds is 9. The van der Waals surface area contributed by atoms with E-state index in [1.807, 2.05) is 6.92 Å². The minimum Gasteiger partial charge on any atom is -0.385 e. The normalized spacial score (nSPS) is 11.1. The maximum Gasteiger partial charge on any atom is 0.190 e. The minimum atomic E-state index is 0. The van der Waals surface area contributed by atoms with Crippen LogP contribution in [0.2, 0.25) is 0 Å². The van der Waals surface area contributed by atoms with E-state index in [0.29, 0.717) is 0 Å². The van der Waals surface area contributed by atoms with Gasteiger partial charge in [0.05, 0.1) is 5.01 Å². The van der Waals surface area contributed by atoms with E-state index in [2.05, 4.69) is 26.0 Å². The summed E-state index contributed by atoms with van der Waals surface area (Å²) in [6.07, 6.45) is 4.33. The zero-order chi connectivity index (χ0) is 14.6. The van der Waals surface area contributed by atoms with Gasteiger partial charge in [-0.3, -0.25) is 4.99 Å². The van der Waals surface area contributed by atoms with Crippen molar-refractivity contribution in [1.29, 1.82) is 0 Å². The molecule has 0 bridgehead atoms. The first-order chi connectivity index (χ1) is 9.76. The first-order valence-electron chi connectivity index (χ1n) is 7.10. The lowest BCUT2D eigenvalue weighted by Crippen LogP contribution is -2.38. The number of aromatic nitrogens is 1. The molecule has 0 fully saturated rings. The van der Waals surface area contributed by atoms with Crippen LogP contribution in [-0.2, 0) is 11.2 Å². The van der Waals surface area contributed by atoms with Crippen LogP contribution < -0.4 is 10.6 Å². The van der Waals surface area contributed by atoms with Crippen LogP contribution in [0, 0.1) is 6.92 Å². The van der Waals surface area contributed by atoms with Crippen LogP contribution in [0.25, 0.3) is 0 Å². The Hall–Kier alpha value is -0.410. The average Bonchev–Trinajstić information content (AvgIpc) is 2.86. The van der Waals surface area contributed by atoms with Crippen LogP contribution in [0.5, 0.6) is 0 Å². The zero-order valence-corrected chi connectivity index (χ0v) is 16.3. The van der Waals surface area contributed by atoms with E-state index in [0.717, 1.165) is 57.0 Å². The fourth-order valence-corrected chi connectivity index (χ4v) is 2.59. The van der Waals surface area contributed by atoms with Gasteiger partial charge in [-0.25, -0.2) is 4.98 Å². The van der Waals surface area contributed by atoms with E-state index in [-0.39, 0.29) is 24.0 Å². The average molecular weight is 426 g/mol. The van der Waals surface area contributed by atoms with Crippen LogP contribution in [0.4, 0.5) is 0 Å². The second-order valence-corrected chi connectivity index (χ2v) is 5.55. The minimum absolute atomic E-state index is 0. The van der Waals surface area contributed by atoms with Crippen molar-refractivity contribution in [2.75, 3.05) is 33.9 Å². The van der Waals surface area contributed by atoms with Gasteiger partial charge in [-0.1, -0.05) is 0 Å². The molecule has 0 saturated heterocycles. The van der Waals surface area contributed by atoms with Gasteiger partial charge >= 0.3 is 0 Å². The molecule has 21 heavy (non-hydrogen) atoms. The van der Waals surface area contributed by atoms with Gasteiger partial charge in [0.1, 0.15) is 0 Å². The van der Waals surface area contributed by atoms with Gasteiger partial charge in [-0.15, -0.1) is 35.3 Å². The van der Waals surface area contributed by atoms with Crippen LogP contribution in [0.1, 0.15) is 30.0 Å². The summed E-state index contributed by atoms with van der Waals surface area (Å²) in [6, 6.07) is 0. The monoisotopic (exact) mass is 426 g/mol. The first kappa shape index (κ1) is 20.6. The third kappa shape index (κ3) is 10.0. The van der Waals surface area contributed by atoms with Crippen molar-refractivity contribution in [3.05, 3.63) is 16.1 Å². The quantitative estimate of drug-likeness (QED) is 0.276. The van der Waals surface area contributed by atoms with Crippen molar-refractivity contribution in [2.45, 2.75) is 32.6 Å². The molecule has 0 unspecified atom stereocenters. The SMILES string of the molecule is CN=C(NCCCCc1nc(C)cs1)NCCCOC.I. The molecule has 1 aromatic heterocycles. The lowest BCUT2D eigenvalue weighted by atomic mass is 10.2. The second kappa shape index (κ2) is 13.3. The predicted octanol–water partition coefficient (Wildman–Crippen LogP) is 2.59. The van der Waals surface area contributed by atoms with Gasteiger partial charge in [0.25, 0.3) is 0 Å². The number of thiazole rings is 1. The molecule has 0 aromatic carbocycles. The maximum atomic E-state index is 5.01. The highest BCUT2D eigenvalue weighted by atomic mass is 127. The third-order valence-electron chi connectivity index (χ3n) is 2.82. The van der Waals surface area contributed by atoms with Crippen LogP contribution in [0.15, 0.2) is 10.4 Å². The standard InChI is InChI=1S/C14H26N4OS.HI/c1-12-11-20-13(18-12)7-4-5-8-16-14(15-2)17-9-6-10-19-3;/h11H,4-10H2,1-3H3,(H2,15,16,17);1H. The van der Waals surface area contributed by atoms with Crippen molar-refractivity contribution >= 4 is 41.3 Å². The molecular formula is C14H27IN4OS. The van der Waals surface area contributed by atoms with E-state index in [9.17, 15) is 0 Å². The van der Waals surface area contributed by atoms with Crippen LogP contribution >= 0.6 is 35.3 Å². The van der Waals surface area contributed by atoms with Gasteiger partial charge in [0, 0.05) is 44.9 Å². The van der Waals surface area contributed by atoms with Crippen molar-refractivity contribution in [2.24, 2.45) is 4.99 Å². The Kier molecular flexibility index (Phi) is 13.0. The van der Waals surface area contributed by atoms with Gasteiger partial charge < -0.3 is 15.4 Å². The molecule has 2 N–H and O–H groups in total. The van der Waals surface area contributed by atoms with E-state index >= 15 is 0 Å². The summed E-state index contributed by atoms with van der Waals surface area (Å²) in [5.41, 5.74) is 1.13. The Labute approximate surface area is 149 Å². The fraction of sp³-hybridized carbons (Fsp3) is 0.714. The number of ether oxygens (including phenoxy) is 1. The third-order valence-corrected chi connectivity index (χ3v) is 3.84. The number of unbranched alkanes of at least 4 members (excludes halogenated alkanes) is 1. The van der Waals surface area contributed by atoms with Crippen LogP contribution in [-0.4, -0.2) is 44.8 Å². The van der Waals surface area contributed by atoms with Crippen LogP contribution in [0.3, 0.4) is 0 Å². The molecule has 0 aliphatic carbocycles. The molecule has 7 heteroatoms. The molecular weight excluding hydrogens is 399 g/mol. The molecule has 5 nitrogen and oxygen atoms in total. The number of guanidine groups is 1. The number of nitrogens with zero attached hydrogens (tertiary/aromatic N) is 2. The molecule has 122 valence electrons. The molecule has 0 aliphatic rings. The molecule has 0 aliphatic heterocycles.